The van der Waals surface area contributed by atoms with Gasteiger partial charge in [-0.15, -0.1) is 0 Å². The van der Waals surface area contributed by atoms with Gasteiger partial charge < -0.3 is 0 Å². The summed E-state index contributed by atoms with van der Waals surface area (Å²) in [4.78, 5) is 12.7. The molecule has 0 radical (unpaired) electrons. The number of amides is 1. The molecule has 4 nitrogen and oxygen atoms in total. The number of nitrogens with zero attached hydrogens (tertiary/aromatic N) is 1. The van der Waals surface area contributed by atoms with Gasteiger partial charge in [-0.1, -0.05) is 34.1 Å². The topological polar surface area (TPSA) is 54.5 Å². The normalized spacial score (nSPS) is 40.3. The Balaban J connectivity index is 1.99. The summed E-state index contributed by atoms with van der Waals surface area (Å²) in [6.45, 7) is 8.32. The minimum Gasteiger partial charge on any atom is -0.273 e. The highest BCUT2D eigenvalue weighted by molar-refractivity contribution is 7.90. The molecule has 1 saturated heterocycles. The predicted octanol–water partition coefficient (Wildman–Crippen LogP) is 2.79. The van der Waals surface area contributed by atoms with Crippen molar-refractivity contribution in [2.75, 3.05) is 5.75 Å². The molecule has 0 N–H and O–H groups in total. The lowest BCUT2D eigenvalue weighted by Crippen LogP contribution is -2.45. The van der Waals surface area contributed by atoms with E-state index in [2.05, 4.69) is 13.8 Å². The van der Waals surface area contributed by atoms with E-state index >= 15 is 0 Å². The summed E-state index contributed by atoms with van der Waals surface area (Å²) in [7, 11) is -3.44. The van der Waals surface area contributed by atoms with Crippen molar-refractivity contribution in [3.05, 3.63) is 0 Å². The van der Waals surface area contributed by atoms with Crippen molar-refractivity contribution in [2.24, 2.45) is 22.7 Å². The Labute approximate surface area is 128 Å². The molecule has 1 unspecified atom stereocenters. The van der Waals surface area contributed by atoms with Crippen molar-refractivity contribution in [3.63, 3.8) is 0 Å². The lowest BCUT2D eigenvalue weighted by Gasteiger charge is -2.37. The van der Waals surface area contributed by atoms with Crippen molar-refractivity contribution in [1.82, 2.24) is 4.31 Å². The molecule has 2 bridgehead atoms. The van der Waals surface area contributed by atoms with E-state index in [9.17, 15) is 13.2 Å². The molecule has 3 fully saturated rings. The van der Waals surface area contributed by atoms with Crippen LogP contribution in [0.25, 0.3) is 0 Å². The fraction of sp³-hybridized carbons (Fsp3) is 0.938. The molecule has 1 aliphatic heterocycles. The minimum atomic E-state index is -3.44. The van der Waals surface area contributed by atoms with Gasteiger partial charge in [-0.05, 0) is 37.0 Å². The number of carbonyl (C=O) groups is 1. The maximum Gasteiger partial charge on any atom is 0.239 e. The lowest BCUT2D eigenvalue weighted by atomic mass is 9.69. The zero-order valence-electron chi connectivity index (χ0n) is 13.6. The van der Waals surface area contributed by atoms with E-state index in [0.29, 0.717) is 5.92 Å². The lowest BCUT2D eigenvalue weighted by molar-refractivity contribution is -0.132. The number of rotatable bonds is 3. The van der Waals surface area contributed by atoms with Gasteiger partial charge >= 0.3 is 0 Å². The van der Waals surface area contributed by atoms with Gasteiger partial charge in [0.05, 0.1) is 11.8 Å². The van der Waals surface area contributed by atoms with E-state index in [1.807, 2.05) is 13.8 Å². The summed E-state index contributed by atoms with van der Waals surface area (Å²) in [6.07, 6.45) is 4.62. The molecular formula is C16H27NO3S. The highest BCUT2D eigenvalue weighted by atomic mass is 32.2. The molecule has 1 heterocycles. The molecule has 0 aromatic heterocycles. The van der Waals surface area contributed by atoms with Crippen molar-refractivity contribution >= 4 is 15.9 Å². The molecule has 2 aliphatic carbocycles. The summed E-state index contributed by atoms with van der Waals surface area (Å²) in [5.74, 6) is 0.387. The van der Waals surface area contributed by atoms with Crippen LogP contribution >= 0.6 is 0 Å². The molecule has 3 aliphatic rings. The van der Waals surface area contributed by atoms with Gasteiger partial charge in [0.15, 0.2) is 0 Å². The second-order valence-corrected chi connectivity index (χ2v) is 9.79. The van der Waals surface area contributed by atoms with Crippen molar-refractivity contribution in [1.29, 1.82) is 0 Å². The second-order valence-electron chi connectivity index (χ2n) is 7.94. The van der Waals surface area contributed by atoms with Gasteiger partial charge in [0.1, 0.15) is 0 Å². The molecule has 4 atom stereocenters. The molecule has 1 spiro atoms. The average Bonchev–Trinajstić information content (AvgIpc) is 2.85. The van der Waals surface area contributed by atoms with Crippen LogP contribution in [-0.4, -0.2) is 30.4 Å². The fourth-order valence-electron chi connectivity index (χ4n) is 5.35. The number of carbonyl (C=O) groups excluding carboxylic acids is 1. The zero-order valence-corrected chi connectivity index (χ0v) is 14.4. The van der Waals surface area contributed by atoms with Gasteiger partial charge in [-0.3, -0.25) is 4.79 Å². The predicted molar refractivity (Wildman–Crippen MR) is 82.0 cm³/mol. The Bertz CT molecular complexity index is 568. The standard InChI is InChI=1S/C16H27NO3S/c1-5-6-11(2)14(18)17-13-9-12-7-8-16(13,15(12,3)4)10-21(17,19)20/h11-13H,5-10H2,1-4H3/t11?,12-,13-,16-/m1/s1. The number of hydrogen-bond acceptors (Lipinski definition) is 3. The van der Waals surface area contributed by atoms with E-state index in [1.165, 1.54) is 4.31 Å². The number of hydrogen-bond donors (Lipinski definition) is 0. The number of fused-ring (bicyclic) bond motifs is 1. The first-order valence-electron chi connectivity index (χ1n) is 8.23. The molecular weight excluding hydrogens is 286 g/mol. The van der Waals surface area contributed by atoms with E-state index in [1.54, 1.807) is 0 Å². The molecule has 120 valence electrons. The van der Waals surface area contributed by atoms with Gasteiger partial charge in [-0.25, -0.2) is 12.7 Å². The van der Waals surface area contributed by atoms with Crippen LogP contribution in [0.3, 0.4) is 0 Å². The highest BCUT2D eigenvalue weighted by Crippen LogP contribution is 2.70. The fourth-order valence-corrected chi connectivity index (χ4v) is 7.98. The maximum absolute atomic E-state index is 12.7. The molecule has 3 rings (SSSR count). The van der Waals surface area contributed by atoms with E-state index in [-0.39, 0.29) is 34.4 Å². The quantitative estimate of drug-likeness (QED) is 0.805. The van der Waals surface area contributed by atoms with Crippen LogP contribution in [0, 0.1) is 22.7 Å². The van der Waals surface area contributed by atoms with E-state index < -0.39 is 10.0 Å². The molecule has 21 heavy (non-hydrogen) atoms. The summed E-state index contributed by atoms with van der Waals surface area (Å²) < 4.78 is 26.7. The molecule has 5 heteroatoms. The van der Waals surface area contributed by atoms with Crippen LogP contribution in [0.5, 0.6) is 0 Å². The van der Waals surface area contributed by atoms with Gasteiger partial charge in [0.2, 0.25) is 15.9 Å². The van der Waals surface area contributed by atoms with Crippen LogP contribution < -0.4 is 0 Å². The SMILES string of the molecule is CCCC(C)C(=O)N1[C@@H]2C[C@H]3CC[C@]2(CS1(=O)=O)C3(C)C. The third kappa shape index (κ3) is 1.79. The zero-order chi connectivity index (χ0) is 15.6. The smallest absolute Gasteiger partial charge is 0.239 e. The first kappa shape index (κ1) is 15.3. The Kier molecular flexibility index (Phi) is 3.26. The second kappa shape index (κ2) is 4.46. The van der Waals surface area contributed by atoms with E-state index in [0.717, 1.165) is 32.1 Å². The summed E-state index contributed by atoms with van der Waals surface area (Å²) in [6, 6.07) is -0.0805. The maximum atomic E-state index is 12.7. The van der Waals surface area contributed by atoms with Gasteiger partial charge in [0, 0.05) is 11.3 Å². The van der Waals surface area contributed by atoms with Crippen LogP contribution in [-0.2, 0) is 14.8 Å². The Morgan fingerprint density at radius 1 is 1.38 bits per heavy atom. The van der Waals surface area contributed by atoms with Gasteiger partial charge in [-0.2, -0.15) is 0 Å². The highest BCUT2D eigenvalue weighted by Gasteiger charge is 2.72. The minimum absolute atomic E-state index is 0.0355. The molecule has 2 saturated carbocycles. The van der Waals surface area contributed by atoms with Crippen LogP contribution in [0.4, 0.5) is 0 Å². The largest absolute Gasteiger partial charge is 0.273 e. The monoisotopic (exact) mass is 313 g/mol. The van der Waals surface area contributed by atoms with Crippen molar-refractivity contribution < 1.29 is 13.2 Å². The number of sulfonamides is 1. The van der Waals surface area contributed by atoms with Crippen LogP contribution in [0.15, 0.2) is 0 Å². The Morgan fingerprint density at radius 3 is 2.62 bits per heavy atom. The van der Waals surface area contributed by atoms with Crippen LogP contribution in [0.2, 0.25) is 0 Å². The van der Waals surface area contributed by atoms with Crippen molar-refractivity contribution in [3.8, 4) is 0 Å². The molecule has 0 aromatic carbocycles. The van der Waals surface area contributed by atoms with E-state index in [4.69, 9.17) is 0 Å². The average molecular weight is 313 g/mol. The summed E-state index contributed by atoms with van der Waals surface area (Å²) >= 11 is 0. The molecule has 0 aromatic rings. The first-order chi connectivity index (χ1) is 9.67. The van der Waals surface area contributed by atoms with Gasteiger partial charge in [0.25, 0.3) is 0 Å². The molecule has 1 amide bonds. The summed E-state index contributed by atoms with van der Waals surface area (Å²) in [5, 5.41) is 0. The van der Waals surface area contributed by atoms with Crippen molar-refractivity contribution in [2.45, 2.75) is 65.8 Å². The third-order valence-electron chi connectivity index (χ3n) is 6.77. The Hall–Kier alpha value is -0.580. The van der Waals surface area contributed by atoms with Crippen LogP contribution in [0.1, 0.15) is 59.8 Å². The Morgan fingerprint density at radius 2 is 2.05 bits per heavy atom. The first-order valence-corrected chi connectivity index (χ1v) is 9.84. The summed E-state index contributed by atoms with van der Waals surface area (Å²) in [5.41, 5.74) is -0.161. The third-order valence-corrected chi connectivity index (χ3v) is 8.69.